The molecule has 104 valence electrons. The van der Waals surface area contributed by atoms with Crippen LogP contribution in [-0.4, -0.2) is 15.9 Å². The highest BCUT2D eigenvalue weighted by molar-refractivity contribution is 7.14. The number of benzene rings is 1. The Morgan fingerprint density at radius 2 is 2.14 bits per heavy atom. The number of carbonyl (C=O) groups is 1. The van der Waals surface area contributed by atoms with Crippen molar-refractivity contribution in [3.05, 3.63) is 65.3 Å². The first-order valence-electron chi connectivity index (χ1n) is 6.46. The Kier molecular flexibility index (Phi) is 3.75. The molecule has 0 bridgehead atoms. The van der Waals surface area contributed by atoms with Gasteiger partial charge < -0.3 is 0 Å². The molecule has 1 N–H and O–H groups in total. The zero-order valence-electron chi connectivity index (χ0n) is 11.4. The molecule has 0 unspecified atom stereocenters. The summed E-state index contributed by atoms with van der Waals surface area (Å²) in [5, 5.41) is 5.31. The number of hydrogen-bond acceptors (Lipinski definition) is 4. The molecule has 2 aromatic heterocycles. The Bertz CT molecular complexity index is 768. The Labute approximate surface area is 126 Å². The van der Waals surface area contributed by atoms with Gasteiger partial charge in [0.2, 0.25) is 0 Å². The summed E-state index contributed by atoms with van der Waals surface area (Å²) in [5.74, 6) is -0.147. The van der Waals surface area contributed by atoms with Crippen molar-refractivity contribution >= 4 is 22.4 Å². The number of rotatable bonds is 3. The summed E-state index contributed by atoms with van der Waals surface area (Å²) in [6.07, 6.45) is 3.47. The van der Waals surface area contributed by atoms with E-state index in [1.807, 2.05) is 42.6 Å². The first-order chi connectivity index (χ1) is 10.2. The van der Waals surface area contributed by atoms with Gasteiger partial charge in [0.25, 0.3) is 5.91 Å². The second kappa shape index (κ2) is 5.85. The maximum atomic E-state index is 12.2. The van der Waals surface area contributed by atoms with Crippen molar-refractivity contribution in [1.82, 2.24) is 9.97 Å². The molecule has 4 nitrogen and oxygen atoms in total. The third kappa shape index (κ3) is 3.14. The molecule has 0 atom stereocenters. The van der Waals surface area contributed by atoms with Gasteiger partial charge in [-0.1, -0.05) is 17.7 Å². The van der Waals surface area contributed by atoms with Crippen molar-refractivity contribution in [2.24, 2.45) is 0 Å². The quantitative estimate of drug-likeness (QED) is 0.800. The molecule has 3 aromatic rings. The second-order valence-electron chi connectivity index (χ2n) is 4.60. The monoisotopic (exact) mass is 295 g/mol. The Balaban J connectivity index is 1.77. The van der Waals surface area contributed by atoms with Crippen LogP contribution in [0.4, 0.5) is 5.13 Å². The van der Waals surface area contributed by atoms with E-state index in [1.54, 1.807) is 18.5 Å². The fraction of sp³-hybridized carbons (Fsp3) is 0.0625. The van der Waals surface area contributed by atoms with Gasteiger partial charge in [0.15, 0.2) is 5.13 Å². The first kappa shape index (κ1) is 13.5. The third-order valence-electron chi connectivity index (χ3n) is 2.96. The van der Waals surface area contributed by atoms with Crippen LogP contribution in [-0.2, 0) is 0 Å². The number of pyridine rings is 1. The van der Waals surface area contributed by atoms with Gasteiger partial charge in [-0.25, -0.2) is 4.98 Å². The summed E-state index contributed by atoms with van der Waals surface area (Å²) >= 11 is 1.40. The van der Waals surface area contributed by atoms with E-state index in [4.69, 9.17) is 0 Å². The molecule has 1 aromatic carbocycles. The van der Waals surface area contributed by atoms with Crippen molar-refractivity contribution < 1.29 is 4.79 Å². The summed E-state index contributed by atoms with van der Waals surface area (Å²) in [5.41, 5.74) is 3.43. The smallest absolute Gasteiger partial charge is 0.257 e. The van der Waals surface area contributed by atoms with E-state index in [-0.39, 0.29) is 5.91 Å². The van der Waals surface area contributed by atoms with E-state index in [1.165, 1.54) is 11.3 Å². The van der Waals surface area contributed by atoms with Gasteiger partial charge >= 0.3 is 0 Å². The molecular formula is C16H13N3OS. The normalized spacial score (nSPS) is 10.3. The van der Waals surface area contributed by atoms with Crippen molar-refractivity contribution in [1.29, 1.82) is 0 Å². The average Bonchev–Trinajstić information content (AvgIpc) is 2.97. The highest BCUT2D eigenvalue weighted by Crippen LogP contribution is 2.24. The molecule has 0 aliphatic carbocycles. The lowest BCUT2D eigenvalue weighted by atomic mass is 10.1. The van der Waals surface area contributed by atoms with Gasteiger partial charge in [0.1, 0.15) is 0 Å². The maximum Gasteiger partial charge on any atom is 0.257 e. The van der Waals surface area contributed by atoms with Crippen molar-refractivity contribution in [2.75, 3.05) is 5.32 Å². The molecule has 0 saturated heterocycles. The van der Waals surface area contributed by atoms with Crippen LogP contribution in [0.1, 0.15) is 15.9 Å². The van der Waals surface area contributed by atoms with Crippen LogP contribution < -0.4 is 5.32 Å². The van der Waals surface area contributed by atoms with E-state index >= 15 is 0 Å². The number of hydrogen-bond donors (Lipinski definition) is 1. The van der Waals surface area contributed by atoms with E-state index in [0.717, 1.165) is 16.8 Å². The van der Waals surface area contributed by atoms with Gasteiger partial charge in [0.05, 0.1) is 5.69 Å². The molecule has 3 rings (SSSR count). The molecule has 0 saturated carbocycles. The summed E-state index contributed by atoms with van der Waals surface area (Å²) in [4.78, 5) is 20.6. The lowest BCUT2D eigenvalue weighted by molar-refractivity contribution is 0.102. The number of amides is 1. The van der Waals surface area contributed by atoms with Gasteiger partial charge in [-0.05, 0) is 31.2 Å². The van der Waals surface area contributed by atoms with Gasteiger partial charge in [-0.15, -0.1) is 11.3 Å². The number of aryl methyl sites for hydroxylation is 1. The average molecular weight is 295 g/mol. The van der Waals surface area contributed by atoms with Crippen LogP contribution in [0.25, 0.3) is 11.3 Å². The maximum absolute atomic E-state index is 12.2. The lowest BCUT2D eigenvalue weighted by Crippen LogP contribution is -2.11. The third-order valence-corrected chi connectivity index (χ3v) is 3.72. The highest BCUT2D eigenvalue weighted by atomic mass is 32.1. The Morgan fingerprint density at radius 3 is 2.90 bits per heavy atom. The van der Waals surface area contributed by atoms with Gasteiger partial charge in [0, 0.05) is 28.9 Å². The predicted octanol–water partition coefficient (Wildman–Crippen LogP) is 3.77. The summed E-state index contributed by atoms with van der Waals surface area (Å²) in [7, 11) is 0. The molecule has 0 radical (unpaired) electrons. The minimum Gasteiger partial charge on any atom is -0.298 e. The van der Waals surface area contributed by atoms with Crippen LogP contribution >= 0.6 is 11.3 Å². The van der Waals surface area contributed by atoms with Crippen LogP contribution in [0.3, 0.4) is 0 Å². The molecule has 0 fully saturated rings. The van der Waals surface area contributed by atoms with Crippen LogP contribution in [0, 0.1) is 6.92 Å². The number of thiazole rings is 1. The van der Waals surface area contributed by atoms with E-state index in [2.05, 4.69) is 15.3 Å². The van der Waals surface area contributed by atoms with E-state index in [0.29, 0.717) is 10.7 Å². The first-order valence-corrected chi connectivity index (χ1v) is 7.34. The largest absolute Gasteiger partial charge is 0.298 e. The molecule has 1 amide bonds. The molecule has 0 spiro atoms. The summed E-state index contributed by atoms with van der Waals surface area (Å²) in [6, 6.07) is 11.3. The van der Waals surface area contributed by atoms with Crippen LogP contribution in [0.5, 0.6) is 0 Å². The number of nitrogens with one attached hydrogen (secondary N) is 1. The minimum atomic E-state index is -0.147. The molecule has 2 heterocycles. The van der Waals surface area contributed by atoms with Crippen molar-refractivity contribution in [3.63, 3.8) is 0 Å². The highest BCUT2D eigenvalue weighted by Gasteiger charge is 2.10. The van der Waals surface area contributed by atoms with Gasteiger partial charge in [-0.2, -0.15) is 0 Å². The topological polar surface area (TPSA) is 54.9 Å². The molecule has 21 heavy (non-hydrogen) atoms. The number of aromatic nitrogens is 2. The fourth-order valence-electron chi connectivity index (χ4n) is 1.93. The lowest BCUT2D eigenvalue weighted by Gasteiger charge is -2.02. The van der Waals surface area contributed by atoms with Crippen molar-refractivity contribution in [3.8, 4) is 11.3 Å². The molecular weight excluding hydrogens is 282 g/mol. The zero-order valence-corrected chi connectivity index (χ0v) is 12.2. The summed E-state index contributed by atoms with van der Waals surface area (Å²) in [6.45, 7) is 1.96. The second-order valence-corrected chi connectivity index (χ2v) is 5.46. The van der Waals surface area contributed by atoms with Gasteiger partial charge in [-0.3, -0.25) is 15.1 Å². The standard InChI is InChI=1S/C16H13N3OS/c1-11-4-2-5-12(8-11)15(20)19-16-18-14(10-21-16)13-6-3-7-17-9-13/h2-10H,1H3,(H,18,19,20). The van der Waals surface area contributed by atoms with Crippen LogP contribution in [0.15, 0.2) is 54.2 Å². The molecule has 0 aliphatic heterocycles. The minimum absolute atomic E-state index is 0.147. The number of nitrogens with zero attached hydrogens (tertiary/aromatic N) is 2. The predicted molar refractivity (Wildman–Crippen MR) is 84.5 cm³/mol. The number of carbonyl (C=O) groups excluding carboxylic acids is 1. The fourth-order valence-corrected chi connectivity index (χ4v) is 2.65. The summed E-state index contributed by atoms with van der Waals surface area (Å²) < 4.78 is 0. The Hall–Kier alpha value is -2.53. The van der Waals surface area contributed by atoms with E-state index in [9.17, 15) is 4.79 Å². The Morgan fingerprint density at radius 1 is 1.24 bits per heavy atom. The SMILES string of the molecule is Cc1cccc(C(=O)Nc2nc(-c3cccnc3)cs2)c1. The molecule has 5 heteroatoms. The van der Waals surface area contributed by atoms with Crippen molar-refractivity contribution in [2.45, 2.75) is 6.92 Å². The van der Waals surface area contributed by atoms with Crippen LogP contribution in [0.2, 0.25) is 0 Å². The number of anilines is 1. The zero-order chi connectivity index (χ0) is 14.7. The van der Waals surface area contributed by atoms with E-state index < -0.39 is 0 Å². The molecule has 0 aliphatic rings.